The standard InChI is InChI=1S/C28H38FN3O4S/c1-4-18-37(35,36)31(19-22(2)3)21-27(33)32(20-23-10-6-5-7-11-23)24-14-16-30(17-15-24)28(34)25-12-8-9-13-26(25)29/h5-13,22,24H,4,14-21H2,1-3H3. The van der Waals surface area contributed by atoms with Gasteiger partial charge in [-0.3, -0.25) is 9.59 Å². The molecule has 2 aromatic carbocycles. The van der Waals surface area contributed by atoms with Crippen LogP contribution in [0.3, 0.4) is 0 Å². The van der Waals surface area contributed by atoms with Gasteiger partial charge in [0.1, 0.15) is 5.82 Å². The normalized spacial score (nSPS) is 14.8. The molecule has 1 fully saturated rings. The van der Waals surface area contributed by atoms with Crippen molar-refractivity contribution in [2.45, 2.75) is 52.6 Å². The van der Waals surface area contributed by atoms with Crippen LogP contribution in [0, 0.1) is 11.7 Å². The Kier molecular flexibility index (Phi) is 10.2. The third-order valence-electron chi connectivity index (χ3n) is 6.55. The van der Waals surface area contributed by atoms with Crippen molar-refractivity contribution in [1.82, 2.24) is 14.1 Å². The number of halogens is 1. The summed E-state index contributed by atoms with van der Waals surface area (Å²) >= 11 is 0. The van der Waals surface area contributed by atoms with Crippen molar-refractivity contribution >= 4 is 21.8 Å². The van der Waals surface area contributed by atoms with E-state index >= 15 is 0 Å². The number of piperidine rings is 1. The number of hydrogen-bond acceptors (Lipinski definition) is 4. The first kappa shape index (κ1) is 28.8. The highest BCUT2D eigenvalue weighted by Gasteiger charge is 2.33. The molecule has 2 aromatic rings. The number of hydrogen-bond donors (Lipinski definition) is 0. The topological polar surface area (TPSA) is 78.0 Å². The van der Waals surface area contributed by atoms with Crippen LogP contribution in [0.1, 0.15) is 56.0 Å². The Balaban J connectivity index is 1.77. The minimum atomic E-state index is -3.56. The molecule has 2 amide bonds. The van der Waals surface area contributed by atoms with Crippen LogP contribution >= 0.6 is 0 Å². The molecule has 0 bridgehead atoms. The smallest absolute Gasteiger partial charge is 0.256 e. The van der Waals surface area contributed by atoms with E-state index in [0.717, 1.165) is 5.56 Å². The number of amides is 2. The molecule has 1 aliphatic rings. The van der Waals surface area contributed by atoms with Gasteiger partial charge < -0.3 is 9.80 Å². The lowest BCUT2D eigenvalue weighted by atomic mass is 10.0. The lowest BCUT2D eigenvalue weighted by molar-refractivity contribution is -0.135. The van der Waals surface area contributed by atoms with E-state index in [2.05, 4.69) is 0 Å². The van der Waals surface area contributed by atoms with Crippen molar-refractivity contribution in [3.8, 4) is 0 Å². The second-order valence-electron chi connectivity index (χ2n) is 10.0. The zero-order chi connectivity index (χ0) is 27.0. The van der Waals surface area contributed by atoms with E-state index in [9.17, 15) is 22.4 Å². The second-order valence-corrected chi connectivity index (χ2v) is 12.1. The van der Waals surface area contributed by atoms with E-state index in [1.54, 1.807) is 21.9 Å². The molecule has 0 radical (unpaired) electrons. The minimum Gasteiger partial charge on any atom is -0.338 e. The summed E-state index contributed by atoms with van der Waals surface area (Å²) in [4.78, 5) is 29.9. The molecule has 0 spiro atoms. The minimum absolute atomic E-state index is 0.00221. The maximum absolute atomic E-state index is 14.2. The first-order valence-corrected chi connectivity index (χ1v) is 14.6. The van der Waals surface area contributed by atoms with Crippen molar-refractivity contribution in [3.05, 3.63) is 71.5 Å². The number of carbonyl (C=O) groups excluding carboxylic acids is 2. The molecule has 0 aromatic heterocycles. The zero-order valence-corrected chi connectivity index (χ0v) is 22.8. The van der Waals surface area contributed by atoms with Crippen LogP contribution < -0.4 is 0 Å². The number of rotatable bonds is 11. The van der Waals surface area contributed by atoms with E-state index in [1.165, 1.54) is 16.4 Å². The van der Waals surface area contributed by atoms with Gasteiger partial charge in [0.05, 0.1) is 17.9 Å². The molecule has 202 valence electrons. The Morgan fingerprint density at radius 1 is 1.03 bits per heavy atom. The number of likely N-dealkylation sites (tertiary alicyclic amines) is 1. The SMILES string of the molecule is CCCS(=O)(=O)N(CC(=O)N(Cc1ccccc1)C1CCN(C(=O)c2ccccc2F)CC1)CC(C)C. The average Bonchev–Trinajstić information content (AvgIpc) is 2.87. The Bertz CT molecular complexity index is 1150. The number of carbonyl (C=O) groups is 2. The molecule has 0 atom stereocenters. The molecule has 0 unspecified atom stereocenters. The van der Waals surface area contributed by atoms with Crippen molar-refractivity contribution in [1.29, 1.82) is 0 Å². The molecule has 0 N–H and O–H groups in total. The Labute approximate surface area is 220 Å². The molecule has 0 aliphatic carbocycles. The highest BCUT2D eigenvalue weighted by atomic mass is 32.2. The molecule has 9 heteroatoms. The molecule has 1 saturated heterocycles. The summed E-state index contributed by atoms with van der Waals surface area (Å²) in [7, 11) is -3.56. The summed E-state index contributed by atoms with van der Waals surface area (Å²) in [6.07, 6.45) is 1.54. The van der Waals surface area contributed by atoms with Crippen LogP contribution in [0.5, 0.6) is 0 Å². The lowest BCUT2D eigenvalue weighted by Gasteiger charge is -2.39. The molecule has 0 saturated carbocycles. The van der Waals surface area contributed by atoms with Gasteiger partial charge in [-0.05, 0) is 42.9 Å². The van der Waals surface area contributed by atoms with Gasteiger partial charge in [0.25, 0.3) is 5.91 Å². The predicted octanol–water partition coefficient (Wildman–Crippen LogP) is 4.16. The van der Waals surface area contributed by atoms with Gasteiger partial charge in [0.15, 0.2) is 0 Å². The molecular weight excluding hydrogens is 493 g/mol. The average molecular weight is 532 g/mol. The van der Waals surface area contributed by atoms with E-state index in [-0.39, 0.29) is 48.2 Å². The number of nitrogens with zero attached hydrogens (tertiary/aromatic N) is 3. The molecule has 3 rings (SSSR count). The van der Waals surface area contributed by atoms with Crippen LogP contribution in [0.4, 0.5) is 4.39 Å². The quantitative estimate of drug-likeness (QED) is 0.436. The van der Waals surface area contributed by atoms with Gasteiger partial charge in [-0.1, -0.05) is 63.2 Å². The van der Waals surface area contributed by atoms with Gasteiger partial charge in [0.2, 0.25) is 15.9 Å². The summed E-state index contributed by atoms with van der Waals surface area (Å²) in [5.41, 5.74) is 0.996. The van der Waals surface area contributed by atoms with Gasteiger partial charge >= 0.3 is 0 Å². The maximum atomic E-state index is 14.2. The largest absolute Gasteiger partial charge is 0.338 e. The van der Waals surface area contributed by atoms with Crippen LogP contribution in [0.2, 0.25) is 0 Å². The maximum Gasteiger partial charge on any atom is 0.256 e. The fraction of sp³-hybridized carbons (Fsp3) is 0.500. The summed E-state index contributed by atoms with van der Waals surface area (Å²) in [6, 6.07) is 15.4. The molecule has 1 heterocycles. The molecule has 7 nitrogen and oxygen atoms in total. The molecule has 37 heavy (non-hydrogen) atoms. The lowest BCUT2D eigenvalue weighted by Crippen LogP contribution is -2.51. The summed E-state index contributed by atoms with van der Waals surface area (Å²) < 4.78 is 41.3. The fourth-order valence-electron chi connectivity index (χ4n) is 4.70. The Hall–Kier alpha value is -2.78. The highest BCUT2D eigenvalue weighted by molar-refractivity contribution is 7.89. The van der Waals surface area contributed by atoms with Gasteiger partial charge in [0, 0.05) is 32.2 Å². The number of benzene rings is 2. The zero-order valence-electron chi connectivity index (χ0n) is 22.0. The van der Waals surface area contributed by atoms with E-state index in [0.29, 0.717) is 38.9 Å². The summed E-state index contributed by atoms with van der Waals surface area (Å²) in [5, 5.41) is 0. The third kappa shape index (κ3) is 7.85. The molecular formula is C28H38FN3O4S. The Morgan fingerprint density at radius 2 is 1.65 bits per heavy atom. The van der Waals surface area contributed by atoms with Crippen molar-refractivity contribution in [2.24, 2.45) is 5.92 Å². The van der Waals surface area contributed by atoms with Gasteiger partial charge in [-0.2, -0.15) is 4.31 Å². The van der Waals surface area contributed by atoms with Crippen LogP contribution in [-0.4, -0.2) is 72.3 Å². The van der Waals surface area contributed by atoms with Crippen molar-refractivity contribution < 1.29 is 22.4 Å². The summed E-state index contributed by atoms with van der Waals surface area (Å²) in [6.45, 7) is 6.89. The van der Waals surface area contributed by atoms with Crippen LogP contribution in [0.25, 0.3) is 0 Å². The summed E-state index contributed by atoms with van der Waals surface area (Å²) in [5.74, 6) is -1.07. The first-order chi connectivity index (χ1) is 17.6. The predicted molar refractivity (Wildman–Crippen MR) is 143 cm³/mol. The van der Waals surface area contributed by atoms with Crippen LogP contribution in [0.15, 0.2) is 54.6 Å². The fourth-order valence-corrected chi connectivity index (χ4v) is 6.31. The second kappa shape index (κ2) is 13.1. The van der Waals surface area contributed by atoms with Gasteiger partial charge in [-0.15, -0.1) is 0 Å². The van der Waals surface area contributed by atoms with Crippen LogP contribution in [-0.2, 0) is 21.4 Å². The number of sulfonamides is 1. The van der Waals surface area contributed by atoms with E-state index in [4.69, 9.17) is 0 Å². The van der Waals surface area contributed by atoms with Gasteiger partial charge in [-0.25, -0.2) is 12.8 Å². The first-order valence-electron chi connectivity index (χ1n) is 13.0. The van der Waals surface area contributed by atoms with E-state index in [1.807, 2.05) is 51.1 Å². The third-order valence-corrected chi connectivity index (χ3v) is 8.54. The highest BCUT2D eigenvalue weighted by Crippen LogP contribution is 2.22. The monoisotopic (exact) mass is 531 g/mol. The Morgan fingerprint density at radius 3 is 2.24 bits per heavy atom. The van der Waals surface area contributed by atoms with Crippen molar-refractivity contribution in [2.75, 3.05) is 31.9 Å². The molecule has 1 aliphatic heterocycles. The van der Waals surface area contributed by atoms with Crippen molar-refractivity contribution in [3.63, 3.8) is 0 Å². The van der Waals surface area contributed by atoms with E-state index < -0.39 is 15.8 Å².